The smallest absolute Gasteiger partial charge is 0.273 e. The predicted molar refractivity (Wildman–Crippen MR) is 145 cm³/mol. The second-order valence-electron chi connectivity index (χ2n) is 9.85. The van der Waals surface area contributed by atoms with Crippen LogP contribution in [0, 0.1) is 5.92 Å². The summed E-state index contributed by atoms with van der Waals surface area (Å²) in [5, 5.41) is 13.9. The Hall–Kier alpha value is -3.04. The molecule has 1 amide bonds. The van der Waals surface area contributed by atoms with E-state index in [2.05, 4.69) is 43.5 Å². The molecular formula is C27H36N5O3S+. The van der Waals surface area contributed by atoms with Gasteiger partial charge in [-0.2, -0.15) is 5.01 Å². The molecule has 0 unspecified atom stereocenters. The highest BCUT2D eigenvalue weighted by Gasteiger charge is 2.34. The van der Waals surface area contributed by atoms with E-state index >= 15 is 0 Å². The van der Waals surface area contributed by atoms with E-state index < -0.39 is 0 Å². The second kappa shape index (κ2) is 11.8. The second-order valence-corrected chi connectivity index (χ2v) is 11.0. The average molecular weight is 511 g/mol. The molecule has 3 aromatic rings. The molecule has 192 valence electrons. The van der Waals surface area contributed by atoms with Gasteiger partial charge >= 0.3 is 0 Å². The van der Waals surface area contributed by atoms with Crippen LogP contribution < -0.4 is 15.1 Å². The van der Waals surface area contributed by atoms with E-state index in [0.717, 1.165) is 48.0 Å². The van der Waals surface area contributed by atoms with E-state index in [1.807, 2.05) is 53.5 Å². The first-order chi connectivity index (χ1) is 17.3. The highest BCUT2D eigenvalue weighted by molar-refractivity contribution is 7.98. The highest BCUT2D eigenvalue weighted by Crippen LogP contribution is 2.34. The Bertz CT molecular complexity index is 1150. The zero-order chi connectivity index (χ0) is 25.5. The summed E-state index contributed by atoms with van der Waals surface area (Å²) in [6.07, 6.45) is 1.41. The fourth-order valence-corrected chi connectivity index (χ4v) is 4.79. The molecule has 1 aromatic heterocycles. The summed E-state index contributed by atoms with van der Waals surface area (Å²) in [5.41, 5.74) is 2.61. The normalized spacial score (nSPS) is 14.8. The standard InChI is InChI=1S/C27H36N5O3S/c1-20(2)10-13-26(33)31-21-11-12-23(24(18-21)28-14-15-32(31,3)4)27-30-29-25(35-27)19-36-17-16-34-22-8-6-5-7-9-22/h5-9,11-12,18,20,28H,10,13-17,19H2,1-4H3/q+1. The Morgan fingerprint density at radius 3 is 2.78 bits per heavy atom. The van der Waals surface area contributed by atoms with Crippen LogP contribution in [0.1, 0.15) is 32.6 Å². The zero-order valence-electron chi connectivity index (χ0n) is 21.6. The SMILES string of the molecule is CC(C)CCC(=O)N1c2ccc(-c3nnc(CSCCOc4ccccc4)o3)c(c2)NCC[N+]1(C)C. The van der Waals surface area contributed by atoms with Gasteiger partial charge in [0.25, 0.3) is 5.91 Å². The van der Waals surface area contributed by atoms with Gasteiger partial charge in [-0.25, -0.2) is 4.59 Å². The van der Waals surface area contributed by atoms with Crippen molar-refractivity contribution in [2.45, 2.75) is 32.4 Å². The van der Waals surface area contributed by atoms with Crippen molar-refractivity contribution in [1.29, 1.82) is 0 Å². The molecule has 0 saturated carbocycles. The van der Waals surface area contributed by atoms with Gasteiger partial charge in [-0.15, -0.1) is 22.0 Å². The monoisotopic (exact) mass is 510 g/mol. The van der Waals surface area contributed by atoms with Gasteiger partial charge in [0.2, 0.25) is 11.8 Å². The lowest BCUT2D eigenvalue weighted by atomic mass is 10.1. The summed E-state index contributed by atoms with van der Waals surface area (Å²) >= 11 is 1.69. The average Bonchev–Trinajstić information content (AvgIpc) is 3.31. The van der Waals surface area contributed by atoms with Crippen LogP contribution in [0.5, 0.6) is 5.75 Å². The lowest BCUT2D eigenvalue weighted by Crippen LogP contribution is -2.60. The molecule has 0 saturated heterocycles. The Labute approximate surface area is 217 Å². The molecule has 8 nitrogen and oxygen atoms in total. The van der Waals surface area contributed by atoms with Crippen LogP contribution in [0.2, 0.25) is 0 Å². The first-order valence-electron chi connectivity index (χ1n) is 12.5. The molecule has 36 heavy (non-hydrogen) atoms. The zero-order valence-corrected chi connectivity index (χ0v) is 22.4. The Kier molecular flexibility index (Phi) is 8.53. The third-order valence-electron chi connectivity index (χ3n) is 6.10. The van der Waals surface area contributed by atoms with Crippen molar-refractivity contribution in [2.75, 3.05) is 49.9 Å². The molecule has 1 aliphatic heterocycles. The number of thioether (sulfide) groups is 1. The first-order valence-corrected chi connectivity index (χ1v) is 13.6. The number of anilines is 2. The molecule has 0 fully saturated rings. The summed E-state index contributed by atoms with van der Waals surface area (Å²) in [5.74, 6) is 4.01. The Morgan fingerprint density at radius 1 is 1.19 bits per heavy atom. The number of carbonyl (C=O) groups is 1. The molecule has 2 bridgehead atoms. The molecule has 0 atom stereocenters. The van der Waals surface area contributed by atoms with Gasteiger partial charge in [0.15, 0.2) is 0 Å². The summed E-state index contributed by atoms with van der Waals surface area (Å²) < 4.78 is 12.2. The third-order valence-corrected chi connectivity index (χ3v) is 7.00. The van der Waals surface area contributed by atoms with E-state index in [1.54, 1.807) is 11.8 Å². The number of nitrogens with one attached hydrogen (secondary N) is 1. The van der Waals surface area contributed by atoms with Gasteiger partial charge < -0.3 is 14.5 Å². The van der Waals surface area contributed by atoms with Crippen molar-refractivity contribution in [3.8, 4) is 17.2 Å². The van der Waals surface area contributed by atoms with E-state index in [4.69, 9.17) is 9.15 Å². The van der Waals surface area contributed by atoms with Crippen LogP contribution in [-0.2, 0) is 10.5 Å². The van der Waals surface area contributed by atoms with E-state index in [1.165, 1.54) is 0 Å². The van der Waals surface area contributed by atoms with E-state index in [9.17, 15) is 4.79 Å². The van der Waals surface area contributed by atoms with Crippen LogP contribution in [0.4, 0.5) is 11.4 Å². The van der Waals surface area contributed by atoms with Crippen LogP contribution in [0.15, 0.2) is 52.9 Å². The number of benzene rings is 2. The minimum atomic E-state index is 0.141. The maximum atomic E-state index is 13.2. The molecule has 4 rings (SSSR count). The maximum Gasteiger partial charge on any atom is 0.273 e. The van der Waals surface area contributed by atoms with Gasteiger partial charge in [-0.1, -0.05) is 32.0 Å². The van der Waals surface area contributed by atoms with Crippen molar-refractivity contribution in [3.05, 3.63) is 54.4 Å². The van der Waals surface area contributed by atoms with Gasteiger partial charge in [-0.05, 0) is 42.7 Å². The number of rotatable bonds is 10. The largest absolute Gasteiger partial charge is 0.493 e. The van der Waals surface area contributed by atoms with Gasteiger partial charge in [0.1, 0.15) is 12.3 Å². The fraction of sp³-hybridized carbons (Fsp3) is 0.444. The summed E-state index contributed by atoms with van der Waals surface area (Å²) in [6, 6.07) is 15.7. The molecule has 0 radical (unpaired) electrons. The Balaban J connectivity index is 1.42. The lowest BCUT2D eigenvalue weighted by molar-refractivity contribution is -0.890. The van der Waals surface area contributed by atoms with Crippen LogP contribution in [-0.4, -0.2) is 60.2 Å². The molecule has 2 heterocycles. The quantitative estimate of drug-likeness (QED) is 0.295. The number of nitrogens with zero attached hydrogens (tertiary/aromatic N) is 4. The minimum Gasteiger partial charge on any atom is -0.493 e. The molecule has 2 aromatic carbocycles. The van der Waals surface area contributed by atoms with Crippen molar-refractivity contribution in [3.63, 3.8) is 0 Å². The maximum absolute atomic E-state index is 13.2. The summed E-state index contributed by atoms with van der Waals surface area (Å²) in [4.78, 5) is 13.2. The van der Waals surface area contributed by atoms with Crippen LogP contribution in [0.3, 0.4) is 0 Å². The topological polar surface area (TPSA) is 80.5 Å². The first kappa shape index (κ1) is 26.0. The number of hydrogen-bond donors (Lipinski definition) is 1. The molecule has 1 aliphatic rings. The molecule has 9 heteroatoms. The van der Waals surface area contributed by atoms with Crippen LogP contribution in [0.25, 0.3) is 11.5 Å². The van der Waals surface area contributed by atoms with Crippen molar-refractivity contribution >= 4 is 29.0 Å². The van der Waals surface area contributed by atoms with Crippen molar-refractivity contribution in [1.82, 2.24) is 10.2 Å². The van der Waals surface area contributed by atoms with E-state index in [0.29, 0.717) is 41.1 Å². The van der Waals surface area contributed by atoms with Gasteiger partial charge in [0, 0.05) is 17.9 Å². The molecular weight excluding hydrogens is 474 g/mol. The van der Waals surface area contributed by atoms with Crippen LogP contribution >= 0.6 is 11.8 Å². The number of carbonyl (C=O) groups excluding carboxylic acids is 1. The number of likely N-dealkylation sites (N-methyl/N-ethyl adjacent to an activating group) is 1. The van der Waals surface area contributed by atoms with E-state index in [-0.39, 0.29) is 5.91 Å². The van der Waals surface area contributed by atoms with Gasteiger partial charge in [0.05, 0.1) is 44.3 Å². The molecule has 1 N–H and O–H groups in total. The fourth-order valence-electron chi connectivity index (χ4n) is 4.15. The lowest BCUT2D eigenvalue weighted by Gasteiger charge is -2.41. The minimum absolute atomic E-state index is 0.141. The number of amides is 1. The van der Waals surface area contributed by atoms with Crippen molar-refractivity contribution < 1.29 is 18.5 Å². The number of para-hydroxylation sites is 1. The number of aromatic nitrogens is 2. The third kappa shape index (κ3) is 6.59. The summed E-state index contributed by atoms with van der Waals surface area (Å²) in [7, 11) is 4.14. The number of fused-ring (bicyclic) bond motifs is 2. The summed E-state index contributed by atoms with van der Waals surface area (Å²) in [6.45, 7) is 6.40. The molecule has 0 spiro atoms. The number of quaternary nitrogens is 1. The predicted octanol–water partition coefficient (Wildman–Crippen LogP) is 5.23. The molecule has 0 aliphatic carbocycles. The van der Waals surface area contributed by atoms with Crippen molar-refractivity contribution in [2.24, 2.45) is 5.92 Å². The highest BCUT2D eigenvalue weighted by atomic mass is 32.2. The number of hydrogen-bond acceptors (Lipinski definition) is 7. The van der Waals surface area contributed by atoms with Gasteiger partial charge in [-0.3, -0.25) is 4.79 Å². The Morgan fingerprint density at radius 2 is 2.00 bits per heavy atom. The number of ether oxygens (including phenoxy) is 1.